The molecule has 1 aromatic rings. The standard InChI is InChI=1S/C18H26O2/c1-11-8-7-9-14(10-11)15-12(2)13(3)16(15)17(19)20-18(4,5)6/h7-10,12-13,15-16H,1-6H3. The van der Waals surface area contributed by atoms with Crippen molar-refractivity contribution in [2.75, 3.05) is 0 Å². The fraction of sp³-hybridized carbons (Fsp3) is 0.611. The Labute approximate surface area is 122 Å². The first-order chi connectivity index (χ1) is 9.20. The summed E-state index contributed by atoms with van der Waals surface area (Å²) in [5.41, 5.74) is 2.11. The van der Waals surface area contributed by atoms with Crippen LogP contribution in [0.4, 0.5) is 0 Å². The summed E-state index contributed by atoms with van der Waals surface area (Å²) in [7, 11) is 0. The van der Waals surface area contributed by atoms with Gasteiger partial charge in [0.2, 0.25) is 0 Å². The summed E-state index contributed by atoms with van der Waals surface area (Å²) in [6, 6.07) is 8.51. The topological polar surface area (TPSA) is 26.3 Å². The Morgan fingerprint density at radius 1 is 1.15 bits per heavy atom. The molecule has 2 heteroatoms. The number of ether oxygens (including phenoxy) is 1. The van der Waals surface area contributed by atoms with Gasteiger partial charge in [-0.25, -0.2) is 0 Å². The average molecular weight is 274 g/mol. The van der Waals surface area contributed by atoms with Crippen molar-refractivity contribution < 1.29 is 9.53 Å². The molecule has 2 rings (SSSR count). The van der Waals surface area contributed by atoms with E-state index < -0.39 is 5.60 Å². The third kappa shape index (κ3) is 2.89. The molecule has 1 fully saturated rings. The van der Waals surface area contributed by atoms with E-state index in [0.29, 0.717) is 17.8 Å². The van der Waals surface area contributed by atoms with Gasteiger partial charge in [-0.15, -0.1) is 0 Å². The van der Waals surface area contributed by atoms with Gasteiger partial charge in [0, 0.05) is 5.92 Å². The molecule has 1 aliphatic rings. The lowest BCUT2D eigenvalue weighted by atomic mass is 9.56. The van der Waals surface area contributed by atoms with Crippen molar-refractivity contribution in [1.29, 1.82) is 0 Å². The molecule has 1 aliphatic carbocycles. The number of rotatable bonds is 2. The Bertz CT molecular complexity index is 498. The molecule has 0 aliphatic heterocycles. The Kier molecular flexibility index (Phi) is 3.95. The monoisotopic (exact) mass is 274 g/mol. The molecule has 20 heavy (non-hydrogen) atoms. The molecule has 0 saturated heterocycles. The second-order valence-corrected chi connectivity index (χ2v) is 7.22. The third-order valence-electron chi connectivity index (χ3n) is 4.46. The number of hydrogen-bond donors (Lipinski definition) is 0. The van der Waals surface area contributed by atoms with E-state index in [1.165, 1.54) is 11.1 Å². The molecule has 0 bridgehead atoms. The van der Waals surface area contributed by atoms with Gasteiger partial charge in [-0.05, 0) is 45.1 Å². The lowest BCUT2D eigenvalue weighted by Gasteiger charge is -2.48. The van der Waals surface area contributed by atoms with Gasteiger partial charge < -0.3 is 4.74 Å². The maximum atomic E-state index is 12.4. The molecule has 4 atom stereocenters. The Hall–Kier alpha value is -1.31. The summed E-state index contributed by atoms with van der Waals surface area (Å²) in [4.78, 5) is 12.4. The molecule has 2 nitrogen and oxygen atoms in total. The number of benzene rings is 1. The van der Waals surface area contributed by atoms with Crippen molar-refractivity contribution in [3.05, 3.63) is 35.4 Å². The van der Waals surface area contributed by atoms with E-state index in [0.717, 1.165) is 0 Å². The van der Waals surface area contributed by atoms with E-state index in [9.17, 15) is 4.79 Å². The molecule has 0 heterocycles. The predicted molar refractivity (Wildman–Crippen MR) is 81.6 cm³/mol. The molecule has 0 radical (unpaired) electrons. The van der Waals surface area contributed by atoms with Gasteiger partial charge in [-0.2, -0.15) is 0 Å². The number of carbonyl (C=O) groups excluding carboxylic acids is 1. The van der Waals surface area contributed by atoms with Gasteiger partial charge >= 0.3 is 5.97 Å². The van der Waals surface area contributed by atoms with Gasteiger partial charge in [0.05, 0.1) is 5.92 Å². The number of aryl methyl sites for hydroxylation is 1. The van der Waals surface area contributed by atoms with Crippen molar-refractivity contribution in [1.82, 2.24) is 0 Å². The zero-order valence-electron chi connectivity index (χ0n) is 13.4. The quantitative estimate of drug-likeness (QED) is 0.751. The van der Waals surface area contributed by atoms with Gasteiger partial charge in [-0.3, -0.25) is 4.79 Å². The van der Waals surface area contributed by atoms with Crippen LogP contribution < -0.4 is 0 Å². The highest BCUT2D eigenvalue weighted by atomic mass is 16.6. The first-order valence-corrected chi connectivity index (χ1v) is 7.50. The molecule has 4 unspecified atom stereocenters. The lowest BCUT2D eigenvalue weighted by molar-refractivity contribution is -0.171. The highest BCUT2D eigenvalue weighted by molar-refractivity contribution is 5.76. The molecule has 0 N–H and O–H groups in total. The predicted octanol–water partition coefficient (Wildman–Crippen LogP) is 4.32. The van der Waals surface area contributed by atoms with Crippen molar-refractivity contribution in [2.45, 2.75) is 53.1 Å². The van der Waals surface area contributed by atoms with E-state index in [1.54, 1.807) is 0 Å². The molecule has 110 valence electrons. The maximum absolute atomic E-state index is 12.4. The minimum atomic E-state index is -0.410. The van der Waals surface area contributed by atoms with Crippen LogP contribution in [0.25, 0.3) is 0 Å². The molecule has 1 aromatic carbocycles. The smallest absolute Gasteiger partial charge is 0.310 e. The molecular formula is C18H26O2. The normalized spacial score (nSPS) is 29.7. The van der Waals surface area contributed by atoms with Crippen LogP contribution >= 0.6 is 0 Å². The van der Waals surface area contributed by atoms with Gasteiger partial charge in [-0.1, -0.05) is 43.7 Å². The highest BCUT2D eigenvalue weighted by Crippen LogP contribution is 2.52. The minimum Gasteiger partial charge on any atom is -0.460 e. The molecule has 0 aromatic heterocycles. The largest absolute Gasteiger partial charge is 0.460 e. The molecular weight excluding hydrogens is 248 g/mol. The number of carbonyl (C=O) groups is 1. The van der Waals surface area contributed by atoms with Crippen LogP contribution in [0.1, 0.15) is 51.7 Å². The SMILES string of the molecule is Cc1cccc(C2C(C)C(C)C2C(=O)OC(C)(C)C)c1. The van der Waals surface area contributed by atoms with Crippen molar-refractivity contribution in [3.8, 4) is 0 Å². The summed E-state index contributed by atoms with van der Waals surface area (Å²) in [6.45, 7) is 12.3. The summed E-state index contributed by atoms with van der Waals surface area (Å²) in [5.74, 6) is 1.14. The number of esters is 1. The second-order valence-electron chi connectivity index (χ2n) is 7.22. The van der Waals surface area contributed by atoms with E-state index in [1.807, 2.05) is 20.8 Å². The highest BCUT2D eigenvalue weighted by Gasteiger charge is 2.51. The van der Waals surface area contributed by atoms with Crippen LogP contribution in [-0.4, -0.2) is 11.6 Å². The van der Waals surface area contributed by atoms with Crippen LogP contribution in [0.5, 0.6) is 0 Å². The molecule has 0 amide bonds. The van der Waals surface area contributed by atoms with Crippen LogP contribution in [0.15, 0.2) is 24.3 Å². The number of hydrogen-bond acceptors (Lipinski definition) is 2. The van der Waals surface area contributed by atoms with Crippen LogP contribution in [0.3, 0.4) is 0 Å². The molecule has 0 spiro atoms. The first kappa shape index (κ1) is 15.1. The zero-order valence-corrected chi connectivity index (χ0v) is 13.4. The maximum Gasteiger partial charge on any atom is 0.310 e. The Balaban J connectivity index is 2.22. The van der Waals surface area contributed by atoms with Crippen LogP contribution in [0, 0.1) is 24.7 Å². The van der Waals surface area contributed by atoms with Crippen molar-refractivity contribution >= 4 is 5.97 Å². The third-order valence-corrected chi connectivity index (χ3v) is 4.46. The van der Waals surface area contributed by atoms with Gasteiger partial charge in [0.1, 0.15) is 5.60 Å². The second kappa shape index (κ2) is 5.23. The first-order valence-electron chi connectivity index (χ1n) is 7.50. The summed E-state index contributed by atoms with van der Waals surface area (Å²) < 4.78 is 5.60. The van der Waals surface area contributed by atoms with Gasteiger partial charge in [0.15, 0.2) is 0 Å². The Morgan fingerprint density at radius 3 is 2.35 bits per heavy atom. The summed E-state index contributed by atoms with van der Waals surface area (Å²) in [5, 5.41) is 0. The van der Waals surface area contributed by atoms with Crippen molar-refractivity contribution in [3.63, 3.8) is 0 Å². The Morgan fingerprint density at radius 2 is 1.80 bits per heavy atom. The fourth-order valence-corrected chi connectivity index (χ4v) is 3.28. The van der Waals surface area contributed by atoms with E-state index in [2.05, 4.69) is 45.0 Å². The zero-order chi connectivity index (χ0) is 15.1. The van der Waals surface area contributed by atoms with Crippen LogP contribution in [0.2, 0.25) is 0 Å². The fourth-order valence-electron chi connectivity index (χ4n) is 3.28. The molecule has 1 saturated carbocycles. The minimum absolute atomic E-state index is 0.00831. The van der Waals surface area contributed by atoms with Crippen molar-refractivity contribution in [2.24, 2.45) is 17.8 Å². The van der Waals surface area contributed by atoms with E-state index in [4.69, 9.17) is 4.74 Å². The van der Waals surface area contributed by atoms with Crippen LogP contribution in [-0.2, 0) is 9.53 Å². The van der Waals surface area contributed by atoms with E-state index >= 15 is 0 Å². The van der Waals surface area contributed by atoms with Gasteiger partial charge in [0.25, 0.3) is 0 Å². The van der Waals surface area contributed by atoms with E-state index in [-0.39, 0.29) is 11.9 Å². The lowest BCUT2D eigenvalue weighted by Crippen LogP contribution is -2.48. The summed E-state index contributed by atoms with van der Waals surface area (Å²) >= 11 is 0. The summed E-state index contributed by atoms with van der Waals surface area (Å²) in [6.07, 6.45) is 0. The average Bonchev–Trinajstić information content (AvgIpc) is 2.32.